The number of nitrogens with one attached hydrogen (secondary N) is 1. The molecule has 0 saturated carbocycles. The van der Waals surface area contributed by atoms with E-state index in [4.69, 9.17) is 4.74 Å². The third kappa shape index (κ3) is 5.19. The maximum atomic E-state index is 13.2. The molecule has 0 bridgehead atoms. The highest BCUT2D eigenvalue weighted by atomic mass is 16.5. The normalized spacial score (nSPS) is 15.5. The molecular formula is C28H32N2O3. The third-order valence-electron chi connectivity index (χ3n) is 6.36. The van der Waals surface area contributed by atoms with Crippen molar-refractivity contribution in [2.75, 3.05) is 13.1 Å². The quantitative estimate of drug-likeness (QED) is 0.572. The summed E-state index contributed by atoms with van der Waals surface area (Å²) in [5.74, 6) is 1.01. The molecule has 0 aliphatic carbocycles. The summed E-state index contributed by atoms with van der Waals surface area (Å²) in [7, 11) is 0. The van der Waals surface area contributed by atoms with E-state index in [2.05, 4.69) is 19.2 Å². The van der Waals surface area contributed by atoms with Crippen LogP contribution in [0.1, 0.15) is 55.5 Å². The molecule has 5 heteroatoms. The van der Waals surface area contributed by atoms with E-state index in [9.17, 15) is 9.59 Å². The topological polar surface area (TPSA) is 58.6 Å². The highest BCUT2D eigenvalue weighted by Crippen LogP contribution is 2.27. The van der Waals surface area contributed by atoms with Crippen molar-refractivity contribution in [2.45, 2.75) is 51.7 Å². The standard InChI is InChI=1S/C28H32N2O3/c1-19(2)23-11-6-7-14-26(23)33-20(3)27(31)29-22-15-17-30(18-16-22)28(32)25-13-8-10-21-9-4-5-12-24(21)25/h4-14,19-20,22H,15-18H2,1-3H3,(H,29,31). The fraction of sp³-hybridized carbons (Fsp3) is 0.357. The highest BCUT2D eigenvalue weighted by molar-refractivity contribution is 6.07. The number of benzene rings is 3. The van der Waals surface area contributed by atoms with Gasteiger partial charge >= 0.3 is 0 Å². The van der Waals surface area contributed by atoms with E-state index < -0.39 is 6.10 Å². The van der Waals surface area contributed by atoms with Gasteiger partial charge in [-0.05, 0) is 54.2 Å². The van der Waals surface area contributed by atoms with Gasteiger partial charge in [-0.3, -0.25) is 9.59 Å². The molecule has 33 heavy (non-hydrogen) atoms. The first-order chi connectivity index (χ1) is 15.9. The van der Waals surface area contributed by atoms with Crippen molar-refractivity contribution >= 4 is 22.6 Å². The van der Waals surface area contributed by atoms with Crippen LogP contribution in [0.25, 0.3) is 10.8 Å². The number of likely N-dealkylation sites (tertiary alicyclic amines) is 1. The molecule has 1 heterocycles. The highest BCUT2D eigenvalue weighted by Gasteiger charge is 2.27. The van der Waals surface area contributed by atoms with Gasteiger partial charge in [-0.25, -0.2) is 0 Å². The van der Waals surface area contributed by atoms with Crippen LogP contribution in [0.15, 0.2) is 66.7 Å². The second-order valence-electron chi connectivity index (χ2n) is 9.05. The Morgan fingerprint density at radius 1 is 0.909 bits per heavy atom. The molecule has 0 radical (unpaired) electrons. The Bertz CT molecular complexity index is 1130. The molecule has 1 atom stereocenters. The predicted octanol–water partition coefficient (Wildman–Crippen LogP) is 5.15. The van der Waals surface area contributed by atoms with Gasteiger partial charge in [0.25, 0.3) is 11.8 Å². The average Bonchev–Trinajstić information content (AvgIpc) is 2.84. The Labute approximate surface area is 195 Å². The summed E-state index contributed by atoms with van der Waals surface area (Å²) in [5, 5.41) is 5.16. The molecule has 4 rings (SSSR count). The van der Waals surface area contributed by atoms with Crippen LogP contribution in [0, 0.1) is 0 Å². The summed E-state index contributed by atoms with van der Waals surface area (Å²) in [4.78, 5) is 27.8. The Kier molecular flexibility index (Phi) is 6.97. The second kappa shape index (κ2) is 10.1. The number of para-hydroxylation sites is 1. The molecule has 3 aromatic carbocycles. The van der Waals surface area contributed by atoms with Crippen molar-refractivity contribution in [1.29, 1.82) is 0 Å². The smallest absolute Gasteiger partial charge is 0.260 e. The average molecular weight is 445 g/mol. The molecule has 3 aromatic rings. The summed E-state index contributed by atoms with van der Waals surface area (Å²) in [6.45, 7) is 7.25. The molecule has 1 N–H and O–H groups in total. The van der Waals surface area contributed by atoms with Gasteiger partial charge < -0.3 is 15.0 Å². The van der Waals surface area contributed by atoms with Crippen LogP contribution < -0.4 is 10.1 Å². The number of rotatable bonds is 6. The molecule has 5 nitrogen and oxygen atoms in total. The van der Waals surface area contributed by atoms with Crippen molar-refractivity contribution in [3.05, 3.63) is 77.9 Å². The molecule has 0 aromatic heterocycles. The van der Waals surface area contributed by atoms with E-state index in [-0.39, 0.29) is 17.9 Å². The van der Waals surface area contributed by atoms with Crippen LogP contribution in [-0.4, -0.2) is 41.9 Å². The fourth-order valence-corrected chi connectivity index (χ4v) is 4.44. The molecule has 1 saturated heterocycles. The number of carbonyl (C=O) groups excluding carboxylic acids is 2. The summed E-state index contributed by atoms with van der Waals surface area (Å²) < 4.78 is 5.99. The van der Waals surface area contributed by atoms with Crippen molar-refractivity contribution < 1.29 is 14.3 Å². The third-order valence-corrected chi connectivity index (χ3v) is 6.36. The Balaban J connectivity index is 1.33. The van der Waals surface area contributed by atoms with E-state index in [0.29, 0.717) is 19.0 Å². The number of ether oxygens (including phenoxy) is 1. The lowest BCUT2D eigenvalue weighted by atomic mass is 10.0. The molecular weight excluding hydrogens is 412 g/mol. The van der Waals surface area contributed by atoms with E-state index >= 15 is 0 Å². The van der Waals surface area contributed by atoms with Crippen LogP contribution in [0.4, 0.5) is 0 Å². The van der Waals surface area contributed by atoms with E-state index in [1.54, 1.807) is 6.92 Å². The maximum absolute atomic E-state index is 13.2. The van der Waals surface area contributed by atoms with Crippen LogP contribution >= 0.6 is 0 Å². The second-order valence-corrected chi connectivity index (χ2v) is 9.05. The van der Waals surface area contributed by atoms with Crippen LogP contribution in [0.2, 0.25) is 0 Å². The first kappa shape index (κ1) is 22.8. The maximum Gasteiger partial charge on any atom is 0.260 e. The minimum absolute atomic E-state index is 0.0421. The summed E-state index contributed by atoms with van der Waals surface area (Å²) >= 11 is 0. The van der Waals surface area contributed by atoms with Crippen LogP contribution in [0.5, 0.6) is 5.75 Å². The Morgan fingerprint density at radius 3 is 2.33 bits per heavy atom. The first-order valence-electron chi connectivity index (χ1n) is 11.8. The SMILES string of the molecule is CC(Oc1ccccc1C(C)C)C(=O)NC1CCN(C(=O)c2cccc3ccccc23)CC1. The Hall–Kier alpha value is -3.34. The van der Waals surface area contributed by atoms with Gasteiger partial charge in [0.2, 0.25) is 0 Å². The molecule has 2 amide bonds. The summed E-state index contributed by atoms with van der Waals surface area (Å²) in [6.07, 6.45) is 0.884. The summed E-state index contributed by atoms with van der Waals surface area (Å²) in [5.41, 5.74) is 1.83. The van der Waals surface area contributed by atoms with Crippen molar-refractivity contribution in [2.24, 2.45) is 0 Å². The van der Waals surface area contributed by atoms with Crippen molar-refractivity contribution in [3.8, 4) is 5.75 Å². The number of carbonyl (C=O) groups is 2. The van der Waals surface area contributed by atoms with E-state index in [0.717, 1.165) is 40.5 Å². The van der Waals surface area contributed by atoms with Gasteiger partial charge in [-0.2, -0.15) is 0 Å². The number of fused-ring (bicyclic) bond motifs is 1. The fourth-order valence-electron chi connectivity index (χ4n) is 4.44. The number of piperidine rings is 1. The first-order valence-corrected chi connectivity index (χ1v) is 11.8. The van der Waals surface area contributed by atoms with Crippen molar-refractivity contribution in [3.63, 3.8) is 0 Å². The van der Waals surface area contributed by atoms with Crippen LogP contribution in [-0.2, 0) is 4.79 Å². The monoisotopic (exact) mass is 444 g/mol. The molecule has 1 fully saturated rings. The van der Waals surface area contributed by atoms with Crippen molar-refractivity contribution in [1.82, 2.24) is 10.2 Å². The zero-order chi connectivity index (χ0) is 23.4. The number of amides is 2. The number of nitrogens with zero attached hydrogens (tertiary/aromatic N) is 1. The number of hydrogen-bond acceptors (Lipinski definition) is 3. The van der Waals surface area contributed by atoms with E-state index in [1.165, 1.54) is 0 Å². The summed E-state index contributed by atoms with van der Waals surface area (Å²) in [6, 6.07) is 21.7. The van der Waals surface area contributed by atoms with Gasteiger partial charge in [0.15, 0.2) is 6.10 Å². The van der Waals surface area contributed by atoms with Gasteiger partial charge in [-0.15, -0.1) is 0 Å². The lowest BCUT2D eigenvalue weighted by Gasteiger charge is -2.33. The van der Waals surface area contributed by atoms with Gasteiger partial charge in [0.1, 0.15) is 5.75 Å². The van der Waals surface area contributed by atoms with Crippen LogP contribution in [0.3, 0.4) is 0 Å². The van der Waals surface area contributed by atoms with E-state index in [1.807, 2.05) is 71.6 Å². The molecule has 1 unspecified atom stereocenters. The molecule has 0 spiro atoms. The molecule has 172 valence electrons. The minimum atomic E-state index is -0.583. The van der Waals surface area contributed by atoms with Gasteiger partial charge in [0.05, 0.1) is 0 Å². The number of hydrogen-bond donors (Lipinski definition) is 1. The molecule has 1 aliphatic heterocycles. The largest absolute Gasteiger partial charge is 0.481 e. The minimum Gasteiger partial charge on any atom is -0.481 e. The van der Waals surface area contributed by atoms with Gasteiger partial charge in [0, 0.05) is 24.7 Å². The predicted molar refractivity (Wildman–Crippen MR) is 132 cm³/mol. The zero-order valence-electron chi connectivity index (χ0n) is 19.6. The lowest BCUT2D eigenvalue weighted by Crippen LogP contribution is -2.49. The zero-order valence-corrected chi connectivity index (χ0v) is 19.6. The lowest BCUT2D eigenvalue weighted by molar-refractivity contribution is -0.128. The molecule has 1 aliphatic rings. The van der Waals surface area contributed by atoms with Gasteiger partial charge in [-0.1, -0.05) is 68.4 Å². The Morgan fingerprint density at radius 2 is 1.58 bits per heavy atom.